The van der Waals surface area contributed by atoms with E-state index in [2.05, 4.69) is 15.1 Å². The summed E-state index contributed by atoms with van der Waals surface area (Å²) in [6.45, 7) is 9.28. The summed E-state index contributed by atoms with van der Waals surface area (Å²) < 4.78 is 10.3. The largest absolute Gasteiger partial charge is 0.465 e. The van der Waals surface area contributed by atoms with Crippen LogP contribution in [0.15, 0.2) is 16.7 Å². The molecule has 0 fully saturated rings. The minimum atomic E-state index is -0.974. The first kappa shape index (κ1) is 15.2. The summed E-state index contributed by atoms with van der Waals surface area (Å²) >= 11 is 0. The van der Waals surface area contributed by atoms with Crippen LogP contribution in [0.2, 0.25) is 0 Å². The predicted molar refractivity (Wildman–Crippen MR) is 76.7 cm³/mol. The standard InChI is InChI=1S/C15H19N3O3/c1-6-20-14(19)15(4,5)13-17-12(18-21-13)11-7-9(2)16-10(3)8-11/h7-8H,6H2,1-5H3. The fraction of sp³-hybridized carbons (Fsp3) is 0.467. The molecule has 0 N–H and O–H groups in total. The van der Waals surface area contributed by atoms with E-state index in [9.17, 15) is 4.79 Å². The molecule has 2 heterocycles. The van der Waals surface area contributed by atoms with E-state index in [1.54, 1.807) is 20.8 Å². The third-order valence-corrected chi connectivity index (χ3v) is 3.09. The molecule has 6 nitrogen and oxygen atoms in total. The fourth-order valence-corrected chi connectivity index (χ4v) is 1.96. The molecule has 6 heteroatoms. The van der Waals surface area contributed by atoms with Crippen LogP contribution < -0.4 is 0 Å². The smallest absolute Gasteiger partial charge is 0.321 e. The van der Waals surface area contributed by atoms with Crippen LogP contribution in [-0.2, 0) is 14.9 Å². The molecule has 0 bridgehead atoms. The van der Waals surface area contributed by atoms with Crippen molar-refractivity contribution < 1.29 is 14.1 Å². The Morgan fingerprint density at radius 3 is 2.43 bits per heavy atom. The van der Waals surface area contributed by atoms with Gasteiger partial charge in [0.2, 0.25) is 11.7 Å². The lowest BCUT2D eigenvalue weighted by molar-refractivity contribution is -0.149. The molecule has 2 rings (SSSR count). The summed E-state index contributed by atoms with van der Waals surface area (Å²) in [6.07, 6.45) is 0. The lowest BCUT2D eigenvalue weighted by Gasteiger charge is -2.16. The predicted octanol–water partition coefficient (Wildman–Crippen LogP) is 2.59. The molecular weight excluding hydrogens is 270 g/mol. The van der Waals surface area contributed by atoms with Gasteiger partial charge < -0.3 is 9.26 Å². The van der Waals surface area contributed by atoms with E-state index in [-0.39, 0.29) is 11.9 Å². The average Bonchev–Trinajstić information content (AvgIpc) is 2.88. The number of nitrogens with zero attached hydrogens (tertiary/aromatic N) is 3. The van der Waals surface area contributed by atoms with Crippen molar-refractivity contribution in [2.75, 3.05) is 6.61 Å². The van der Waals surface area contributed by atoms with Crippen LogP contribution in [-0.4, -0.2) is 27.7 Å². The summed E-state index contributed by atoms with van der Waals surface area (Å²) in [5.41, 5.74) is 1.59. The Balaban J connectivity index is 2.35. The third kappa shape index (κ3) is 3.09. The first-order valence-corrected chi connectivity index (χ1v) is 6.81. The number of rotatable bonds is 4. The second-order valence-corrected chi connectivity index (χ2v) is 5.41. The van der Waals surface area contributed by atoms with Crippen LogP contribution >= 0.6 is 0 Å². The van der Waals surface area contributed by atoms with E-state index in [0.29, 0.717) is 12.4 Å². The highest BCUT2D eigenvalue weighted by atomic mass is 16.5. The molecule has 0 aliphatic heterocycles. The SMILES string of the molecule is CCOC(=O)C(C)(C)c1nc(-c2cc(C)nc(C)c2)no1. The number of hydrogen-bond acceptors (Lipinski definition) is 6. The molecule has 2 aromatic heterocycles. The number of aryl methyl sites for hydroxylation is 2. The summed E-state index contributed by atoms with van der Waals surface area (Å²) in [4.78, 5) is 20.6. The van der Waals surface area contributed by atoms with Crippen molar-refractivity contribution in [1.29, 1.82) is 0 Å². The van der Waals surface area contributed by atoms with E-state index >= 15 is 0 Å². The van der Waals surface area contributed by atoms with E-state index in [1.165, 1.54) is 0 Å². The zero-order chi connectivity index (χ0) is 15.6. The number of aromatic nitrogens is 3. The van der Waals surface area contributed by atoms with Gasteiger partial charge in [-0.15, -0.1) is 0 Å². The molecular formula is C15H19N3O3. The van der Waals surface area contributed by atoms with Crippen LogP contribution in [0.1, 0.15) is 38.0 Å². The normalized spacial score (nSPS) is 11.5. The lowest BCUT2D eigenvalue weighted by Crippen LogP contribution is -2.31. The minimum absolute atomic E-state index is 0.239. The Labute approximate surface area is 123 Å². The van der Waals surface area contributed by atoms with Crippen molar-refractivity contribution in [2.24, 2.45) is 0 Å². The summed E-state index contributed by atoms with van der Waals surface area (Å²) in [6, 6.07) is 3.75. The molecule has 0 saturated heterocycles. The highest BCUT2D eigenvalue weighted by Gasteiger charge is 2.37. The van der Waals surface area contributed by atoms with Crippen LogP contribution in [0, 0.1) is 13.8 Å². The average molecular weight is 289 g/mol. The topological polar surface area (TPSA) is 78.1 Å². The molecule has 0 aliphatic carbocycles. The van der Waals surface area contributed by atoms with Crippen molar-refractivity contribution in [1.82, 2.24) is 15.1 Å². The second-order valence-electron chi connectivity index (χ2n) is 5.41. The van der Waals surface area contributed by atoms with Gasteiger partial charge >= 0.3 is 5.97 Å². The molecule has 0 unspecified atom stereocenters. The van der Waals surface area contributed by atoms with Gasteiger partial charge in [-0.3, -0.25) is 9.78 Å². The monoisotopic (exact) mass is 289 g/mol. The van der Waals surface area contributed by atoms with Crippen molar-refractivity contribution in [3.05, 3.63) is 29.4 Å². The Morgan fingerprint density at radius 1 is 1.24 bits per heavy atom. The number of carbonyl (C=O) groups excluding carboxylic acids is 1. The number of pyridine rings is 1. The molecule has 0 amide bonds. The molecule has 0 saturated carbocycles. The van der Waals surface area contributed by atoms with E-state index in [4.69, 9.17) is 9.26 Å². The number of carbonyl (C=O) groups is 1. The quantitative estimate of drug-likeness (QED) is 0.805. The van der Waals surface area contributed by atoms with Crippen LogP contribution in [0.3, 0.4) is 0 Å². The molecule has 0 radical (unpaired) electrons. The Hall–Kier alpha value is -2.24. The van der Waals surface area contributed by atoms with Gasteiger partial charge in [0.25, 0.3) is 0 Å². The molecule has 21 heavy (non-hydrogen) atoms. The van der Waals surface area contributed by atoms with Crippen molar-refractivity contribution in [2.45, 2.75) is 40.0 Å². The minimum Gasteiger partial charge on any atom is -0.465 e. The summed E-state index contributed by atoms with van der Waals surface area (Å²) in [5, 5.41) is 3.96. The molecule has 0 aliphatic rings. The number of ether oxygens (including phenoxy) is 1. The molecule has 0 spiro atoms. The van der Waals surface area contributed by atoms with Gasteiger partial charge in [0.15, 0.2) is 0 Å². The fourth-order valence-electron chi connectivity index (χ4n) is 1.96. The summed E-state index contributed by atoms with van der Waals surface area (Å²) in [7, 11) is 0. The molecule has 2 aromatic rings. The van der Waals surface area contributed by atoms with Gasteiger partial charge in [-0.25, -0.2) is 0 Å². The van der Waals surface area contributed by atoms with Gasteiger partial charge in [0, 0.05) is 17.0 Å². The zero-order valence-electron chi connectivity index (χ0n) is 12.9. The Morgan fingerprint density at radius 2 is 1.86 bits per heavy atom. The van der Waals surface area contributed by atoms with Gasteiger partial charge in [-0.05, 0) is 46.8 Å². The first-order valence-electron chi connectivity index (χ1n) is 6.81. The maximum Gasteiger partial charge on any atom is 0.321 e. The lowest BCUT2D eigenvalue weighted by atomic mass is 9.94. The Bertz CT molecular complexity index is 642. The zero-order valence-corrected chi connectivity index (χ0v) is 12.9. The van der Waals surface area contributed by atoms with E-state index < -0.39 is 5.41 Å². The number of esters is 1. The first-order chi connectivity index (χ1) is 9.84. The maximum absolute atomic E-state index is 12.0. The molecule has 0 atom stereocenters. The Kier molecular flexibility index (Phi) is 4.06. The number of hydrogen-bond donors (Lipinski definition) is 0. The van der Waals surface area contributed by atoms with Gasteiger partial charge in [-0.2, -0.15) is 4.98 Å². The summed E-state index contributed by atoms with van der Waals surface area (Å²) in [5.74, 6) is 0.293. The second kappa shape index (κ2) is 5.63. The van der Waals surface area contributed by atoms with Crippen LogP contribution in [0.4, 0.5) is 0 Å². The van der Waals surface area contributed by atoms with E-state index in [0.717, 1.165) is 17.0 Å². The van der Waals surface area contributed by atoms with Gasteiger partial charge in [0.05, 0.1) is 6.61 Å². The van der Waals surface area contributed by atoms with Crippen LogP contribution in [0.5, 0.6) is 0 Å². The van der Waals surface area contributed by atoms with Gasteiger partial charge in [0.1, 0.15) is 5.41 Å². The van der Waals surface area contributed by atoms with Crippen molar-refractivity contribution in [3.8, 4) is 11.4 Å². The van der Waals surface area contributed by atoms with Crippen molar-refractivity contribution >= 4 is 5.97 Å². The third-order valence-electron chi connectivity index (χ3n) is 3.09. The van der Waals surface area contributed by atoms with E-state index in [1.807, 2.05) is 26.0 Å². The molecule has 112 valence electrons. The highest BCUT2D eigenvalue weighted by molar-refractivity contribution is 5.80. The van der Waals surface area contributed by atoms with Crippen molar-refractivity contribution in [3.63, 3.8) is 0 Å². The van der Waals surface area contributed by atoms with Crippen LogP contribution in [0.25, 0.3) is 11.4 Å². The maximum atomic E-state index is 12.0. The highest BCUT2D eigenvalue weighted by Crippen LogP contribution is 2.26. The molecule has 0 aromatic carbocycles. The van der Waals surface area contributed by atoms with Gasteiger partial charge in [-0.1, -0.05) is 5.16 Å².